The predicted molar refractivity (Wildman–Crippen MR) is 440 cm³/mol. The van der Waals surface area contributed by atoms with Crippen LogP contribution >= 0.6 is 0 Å². The van der Waals surface area contributed by atoms with Gasteiger partial charge in [-0.2, -0.15) is 0 Å². The molecule has 0 saturated heterocycles. The number of hydrogen-bond donors (Lipinski definition) is 0. The fourth-order valence-corrected chi connectivity index (χ4v) is 14.3. The molecule has 10 rings (SSSR count). The molecule has 0 amide bonds. The van der Waals surface area contributed by atoms with E-state index in [1.807, 2.05) is 35.4 Å². The normalized spacial score (nSPS) is 13.8. The van der Waals surface area contributed by atoms with Gasteiger partial charge in [0.2, 0.25) is 0 Å². The Balaban J connectivity index is 1.31. The molecule has 0 spiro atoms. The van der Waals surface area contributed by atoms with E-state index in [-0.39, 0.29) is 48.7 Å². The van der Waals surface area contributed by atoms with Crippen molar-refractivity contribution in [1.29, 1.82) is 0 Å². The summed E-state index contributed by atoms with van der Waals surface area (Å²) < 4.78 is 48.9. The third-order valence-electron chi connectivity index (χ3n) is 21.2. The molecule has 0 unspecified atom stereocenters. The van der Waals surface area contributed by atoms with Gasteiger partial charge in [-0.15, -0.1) is 15.3 Å². The third kappa shape index (κ3) is 19.4. The van der Waals surface area contributed by atoms with Gasteiger partial charge in [0.05, 0.1) is 58.0 Å². The van der Waals surface area contributed by atoms with Crippen LogP contribution in [0.15, 0.2) is 91.4 Å². The molecule has 1 aliphatic rings. The summed E-state index contributed by atoms with van der Waals surface area (Å²) in [6.45, 7) is 63.6. The molecule has 15 heteroatoms. The first kappa shape index (κ1) is 82.0. The highest BCUT2D eigenvalue weighted by Gasteiger charge is 2.33. The highest BCUT2D eigenvalue weighted by molar-refractivity contribution is 5.62. The van der Waals surface area contributed by atoms with Crippen LogP contribution in [0, 0.1) is 0 Å². The van der Waals surface area contributed by atoms with E-state index in [4.69, 9.17) is 28.4 Å². The topological polar surface area (TPSA) is 148 Å². The highest BCUT2D eigenvalue weighted by atomic mass is 16.5. The minimum atomic E-state index is -0.262. The van der Waals surface area contributed by atoms with E-state index in [9.17, 15) is 0 Å². The fourth-order valence-electron chi connectivity index (χ4n) is 14.3. The molecular weight excluding hydrogens is 1340 g/mol. The first-order valence-electron chi connectivity index (χ1n) is 39.2. The van der Waals surface area contributed by atoms with Crippen molar-refractivity contribution >= 4 is 0 Å². The van der Waals surface area contributed by atoms with Crippen LogP contribution in [0.5, 0.6) is 34.5 Å². The molecule has 0 aliphatic heterocycles. The van der Waals surface area contributed by atoms with Gasteiger partial charge >= 0.3 is 0 Å². The maximum Gasteiger partial charge on any atom is 0.126 e. The van der Waals surface area contributed by atoms with Crippen LogP contribution in [-0.2, 0) is 107 Å². The van der Waals surface area contributed by atoms with E-state index < -0.39 is 0 Å². The molecule has 12 bridgehead atoms. The van der Waals surface area contributed by atoms with Gasteiger partial charge in [-0.25, -0.2) is 14.0 Å². The lowest BCUT2D eigenvalue weighted by Gasteiger charge is -2.29. The molecule has 0 N–H and O–H groups in total. The van der Waals surface area contributed by atoms with Crippen molar-refractivity contribution in [2.75, 3.05) is 41.2 Å². The van der Waals surface area contributed by atoms with E-state index in [2.05, 4.69) is 309 Å². The molecule has 582 valence electrons. The van der Waals surface area contributed by atoms with Crippen LogP contribution in [-0.4, -0.2) is 86.1 Å². The number of methoxy groups -OCH3 is 3. The lowest BCUT2D eigenvalue weighted by Crippen LogP contribution is -2.18. The summed E-state index contributed by atoms with van der Waals surface area (Å²) in [4.78, 5) is 0. The van der Waals surface area contributed by atoms with Gasteiger partial charge in [0.1, 0.15) is 54.3 Å². The fraction of sp³-hybridized carbons (Fsp3) is 0.548. The number of aromatic nitrogens is 9. The molecule has 9 aromatic rings. The summed E-state index contributed by atoms with van der Waals surface area (Å²) in [7, 11) is 5.50. The summed E-state index contributed by atoms with van der Waals surface area (Å²) in [5, 5.41) is 27.8. The maximum atomic E-state index is 7.46. The molecule has 6 aromatic carbocycles. The molecule has 1 aliphatic carbocycles. The lowest BCUT2D eigenvalue weighted by atomic mass is 9.79. The Morgan fingerprint density at radius 2 is 0.398 bits per heavy atom. The number of benzene rings is 6. The second-order valence-corrected chi connectivity index (χ2v) is 39.8. The number of fused-ring (bicyclic) bond motifs is 12. The van der Waals surface area contributed by atoms with Gasteiger partial charge in [0, 0.05) is 73.4 Å². The molecule has 3 aromatic heterocycles. The van der Waals surface area contributed by atoms with Gasteiger partial charge in [-0.3, -0.25) is 0 Å². The summed E-state index contributed by atoms with van der Waals surface area (Å²) in [6.07, 6.45) is 9.22. The van der Waals surface area contributed by atoms with Gasteiger partial charge in [-0.1, -0.05) is 275 Å². The molecule has 3 heterocycles. The van der Waals surface area contributed by atoms with Crippen molar-refractivity contribution in [2.24, 2.45) is 0 Å². The van der Waals surface area contributed by atoms with Crippen LogP contribution in [0.4, 0.5) is 0 Å². The van der Waals surface area contributed by atoms with Gasteiger partial charge in [0.25, 0.3) is 0 Å². The largest absolute Gasteiger partial charge is 0.496 e. The van der Waals surface area contributed by atoms with Gasteiger partial charge in [-0.05, 0) is 133 Å². The molecule has 15 nitrogen and oxygen atoms in total. The number of nitrogens with zero attached hydrogens (tertiary/aromatic N) is 9. The Kier molecular flexibility index (Phi) is 23.4. The van der Waals surface area contributed by atoms with E-state index >= 15 is 0 Å². The monoisotopic (exact) mass is 1470 g/mol. The lowest BCUT2D eigenvalue weighted by molar-refractivity contribution is 0.284. The van der Waals surface area contributed by atoms with Crippen LogP contribution in [0.1, 0.15) is 304 Å². The van der Waals surface area contributed by atoms with E-state index in [1.54, 1.807) is 0 Å². The Hall–Kier alpha value is -8.46. The van der Waals surface area contributed by atoms with Crippen molar-refractivity contribution in [2.45, 2.75) is 294 Å². The second kappa shape index (κ2) is 30.8. The molecule has 0 radical (unpaired) electrons. The van der Waals surface area contributed by atoms with Crippen molar-refractivity contribution < 1.29 is 28.4 Å². The average Bonchev–Trinajstić information content (AvgIpc) is 0.918. The first-order valence-corrected chi connectivity index (χ1v) is 39.2. The zero-order chi connectivity index (χ0) is 79.4. The van der Waals surface area contributed by atoms with Crippen molar-refractivity contribution in [1.82, 2.24) is 45.0 Å². The van der Waals surface area contributed by atoms with Crippen molar-refractivity contribution in [3.05, 3.63) is 209 Å². The smallest absolute Gasteiger partial charge is 0.126 e. The molecule has 108 heavy (non-hydrogen) atoms. The summed E-state index contributed by atoms with van der Waals surface area (Å²) in [5.41, 5.74) is 20.7. The maximum absolute atomic E-state index is 7.46. The van der Waals surface area contributed by atoms with Crippen LogP contribution < -0.4 is 28.4 Å². The van der Waals surface area contributed by atoms with E-state index in [0.29, 0.717) is 78.0 Å². The minimum Gasteiger partial charge on any atom is -0.496 e. The standard InChI is InChI=1S/C93H129N9O6/c1-85(2,3)70-43-58-37-64-49-73(88(10,11)12)51-66(82(64)106-34-31-100-55-76(94-97-100)91(19,20)21)39-60-45-71(86(4,5)6)47-62(80(60)104-29)41-68-53-75(90(16,17)18)54-69(84(68)108-36-33-102-57-78(96-99-102)93(25,26)27)42-63-48-72(87(7,8)9)46-61(81(63)105-30)40-67-52-74(89(13,14)15)50-65(38-59(44-70)79(58)103-28)83(67)107-35-32-101-56-77(95-98-101)92(22,23)24/h43-57H,31-42H2,1-30H3. The second-order valence-electron chi connectivity index (χ2n) is 39.8. The molecule has 0 atom stereocenters. The SMILES string of the molecule is COc1c2cc(C(C)(C)C)cc1Cc1cc(C(C)(C)C)cc(c1OCCn1cc(C(C)(C)C)nn1)Cc1cc(C(C)(C)C)cc(c1OC)Cc1cc(C(C)(C)C)cc(c1OCCn1cc(C(C)(C)C)nn1)Cc1cc(C(C)(C)C)cc(c1OC)Cc1cc(C(C)(C)C)cc(c1OCCn1cc(C(C)(C)C)nn1)C2. The van der Waals surface area contributed by atoms with E-state index in [1.165, 1.54) is 33.4 Å². The Morgan fingerprint density at radius 1 is 0.241 bits per heavy atom. The molecule has 0 saturated carbocycles. The number of rotatable bonds is 15. The predicted octanol–water partition coefficient (Wildman–Crippen LogP) is 20.3. The minimum absolute atomic E-state index is 0.171. The van der Waals surface area contributed by atoms with Crippen LogP contribution in [0.3, 0.4) is 0 Å². The van der Waals surface area contributed by atoms with Crippen molar-refractivity contribution in [3.8, 4) is 34.5 Å². The van der Waals surface area contributed by atoms with Crippen LogP contribution in [0.2, 0.25) is 0 Å². The zero-order valence-corrected chi connectivity index (χ0v) is 71.6. The summed E-state index contributed by atoms with van der Waals surface area (Å²) >= 11 is 0. The van der Waals surface area contributed by atoms with E-state index in [0.717, 1.165) is 118 Å². The summed E-state index contributed by atoms with van der Waals surface area (Å²) in [6, 6.07) is 28.6. The quantitative estimate of drug-likeness (QED) is 0.0962. The zero-order valence-electron chi connectivity index (χ0n) is 71.6. The van der Waals surface area contributed by atoms with Gasteiger partial charge in [0.15, 0.2) is 0 Å². The Morgan fingerprint density at radius 3 is 0.528 bits per heavy atom. The Labute approximate surface area is 648 Å². The molecule has 0 fully saturated rings. The third-order valence-corrected chi connectivity index (χ3v) is 21.2. The van der Waals surface area contributed by atoms with Crippen LogP contribution in [0.25, 0.3) is 0 Å². The molecular formula is C93H129N9O6. The summed E-state index contributed by atoms with van der Waals surface area (Å²) in [5.74, 6) is 4.98. The number of ether oxygens (including phenoxy) is 6. The number of hydrogen-bond acceptors (Lipinski definition) is 12. The first-order chi connectivity index (χ1) is 50.0. The Bertz CT molecular complexity index is 4080. The van der Waals surface area contributed by atoms with Crippen molar-refractivity contribution in [3.63, 3.8) is 0 Å². The highest BCUT2D eigenvalue weighted by Crippen LogP contribution is 2.47. The average molecular weight is 1470 g/mol. The van der Waals surface area contributed by atoms with Gasteiger partial charge < -0.3 is 28.4 Å².